The van der Waals surface area contributed by atoms with Crippen molar-refractivity contribution in [3.63, 3.8) is 0 Å². The van der Waals surface area contributed by atoms with Gasteiger partial charge in [0.25, 0.3) is 0 Å². The zero-order valence-corrected chi connectivity index (χ0v) is 24.1. The number of terminal acetylenes is 1. The monoisotopic (exact) mass is 535 g/mol. The molecule has 39 heavy (non-hydrogen) atoms. The first kappa shape index (κ1) is 27.7. The summed E-state index contributed by atoms with van der Waals surface area (Å²) in [6.45, 7) is 10.0. The summed E-state index contributed by atoms with van der Waals surface area (Å²) in [5.74, 6) is 6.10. The van der Waals surface area contributed by atoms with E-state index in [1.165, 1.54) is 25.7 Å². The standard InChI is InChI=1S/C30H45N7O2/c1-6-10-19(2)11-7-12-20(3)37-26-28(31-21(4)23-13-8-14-23)32-27(22(5)35-38)33-29(26)34-30(37)36-17-18-39-25-16-9-15-24(25)36/h1,19-21,23-25,38H,7-18H2,2-5H3,(H,31,32,33)/b35-22+/t19-,20?,21+,24?,25?/m0/s1. The van der Waals surface area contributed by atoms with Gasteiger partial charge in [0.05, 0.1) is 18.8 Å². The molecular weight excluding hydrogens is 490 g/mol. The Morgan fingerprint density at radius 3 is 2.67 bits per heavy atom. The molecule has 9 heteroatoms. The molecule has 5 rings (SSSR count). The fourth-order valence-corrected chi connectivity index (χ4v) is 6.56. The molecule has 3 aliphatic rings. The predicted molar refractivity (Wildman–Crippen MR) is 156 cm³/mol. The molecule has 2 aliphatic carbocycles. The minimum absolute atomic E-state index is 0.201. The van der Waals surface area contributed by atoms with Crippen LogP contribution in [0.1, 0.15) is 104 Å². The highest BCUT2D eigenvalue weighted by Crippen LogP contribution is 2.39. The second-order valence-electron chi connectivity index (χ2n) is 12.1. The average molecular weight is 536 g/mol. The van der Waals surface area contributed by atoms with Crippen LogP contribution in [0.15, 0.2) is 5.16 Å². The molecule has 3 fully saturated rings. The number of oxime groups is 1. The number of anilines is 2. The van der Waals surface area contributed by atoms with E-state index in [4.69, 9.17) is 26.1 Å². The van der Waals surface area contributed by atoms with Gasteiger partial charge in [-0.15, -0.1) is 12.3 Å². The first-order valence-corrected chi connectivity index (χ1v) is 15.0. The molecule has 1 aliphatic heterocycles. The number of fused-ring (bicyclic) bond motifs is 2. The Balaban J connectivity index is 1.58. The molecule has 9 nitrogen and oxygen atoms in total. The van der Waals surface area contributed by atoms with E-state index in [1.807, 2.05) is 0 Å². The Bertz CT molecular complexity index is 1210. The van der Waals surface area contributed by atoms with Gasteiger partial charge in [0.1, 0.15) is 11.2 Å². The van der Waals surface area contributed by atoms with Crippen LogP contribution in [0.25, 0.3) is 11.2 Å². The van der Waals surface area contributed by atoms with Crippen LogP contribution in [0.3, 0.4) is 0 Å². The van der Waals surface area contributed by atoms with Crippen molar-refractivity contribution in [3.05, 3.63) is 5.82 Å². The number of rotatable bonds is 11. The molecule has 5 atom stereocenters. The summed E-state index contributed by atoms with van der Waals surface area (Å²) in [5.41, 5.74) is 1.97. The summed E-state index contributed by atoms with van der Waals surface area (Å²) in [4.78, 5) is 17.4. The molecule has 2 aromatic heterocycles. The van der Waals surface area contributed by atoms with E-state index >= 15 is 0 Å². The van der Waals surface area contributed by atoms with E-state index in [-0.39, 0.29) is 18.2 Å². The zero-order chi connectivity index (χ0) is 27.5. The summed E-state index contributed by atoms with van der Waals surface area (Å²) in [6, 6.07) is 0.813. The van der Waals surface area contributed by atoms with Crippen LogP contribution < -0.4 is 10.2 Å². The molecule has 3 unspecified atom stereocenters. The smallest absolute Gasteiger partial charge is 0.208 e. The lowest BCUT2D eigenvalue weighted by Crippen LogP contribution is -2.49. The maximum atomic E-state index is 9.53. The molecule has 1 saturated heterocycles. The number of imidazole rings is 1. The van der Waals surface area contributed by atoms with Gasteiger partial charge in [0, 0.05) is 25.0 Å². The minimum Gasteiger partial charge on any atom is -0.411 e. The lowest BCUT2D eigenvalue weighted by atomic mass is 9.80. The summed E-state index contributed by atoms with van der Waals surface area (Å²) in [6.07, 6.45) is 17.0. The normalized spacial score (nSPS) is 24.2. The Labute approximate surface area is 232 Å². The van der Waals surface area contributed by atoms with Crippen LogP contribution in [0.4, 0.5) is 11.8 Å². The van der Waals surface area contributed by atoms with Crippen molar-refractivity contribution in [3.8, 4) is 12.3 Å². The molecule has 0 radical (unpaired) electrons. The van der Waals surface area contributed by atoms with Gasteiger partial charge in [0.2, 0.25) is 5.95 Å². The molecular formula is C30H45N7O2. The van der Waals surface area contributed by atoms with E-state index in [2.05, 4.69) is 46.6 Å². The van der Waals surface area contributed by atoms with Crippen molar-refractivity contribution in [1.29, 1.82) is 0 Å². The van der Waals surface area contributed by atoms with Crippen LogP contribution in [0, 0.1) is 24.2 Å². The Morgan fingerprint density at radius 2 is 1.95 bits per heavy atom. The van der Waals surface area contributed by atoms with Gasteiger partial charge in [-0.3, -0.25) is 0 Å². The van der Waals surface area contributed by atoms with Crippen molar-refractivity contribution in [2.45, 2.75) is 116 Å². The molecule has 212 valence electrons. The summed E-state index contributed by atoms with van der Waals surface area (Å²) >= 11 is 0. The largest absolute Gasteiger partial charge is 0.411 e. The van der Waals surface area contributed by atoms with E-state index < -0.39 is 0 Å². The molecule has 0 aromatic carbocycles. The van der Waals surface area contributed by atoms with E-state index in [1.54, 1.807) is 6.92 Å². The molecule has 2 saturated carbocycles. The fraction of sp³-hybridized carbons (Fsp3) is 0.733. The molecule has 2 aromatic rings. The number of ether oxygens (including phenoxy) is 1. The van der Waals surface area contributed by atoms with Crippen molar-refractivity contribution in [2.24, 2.45) is 17.0 Å². The molecule has 0 bridgehead atoms. The van der Waals surface area contributed by atoms with Crippen LogP contribution in [0.5, 0.6) is 0 Å². The number of morpholine rings is 1. The number of hydrogen-bond acceptors (Lipinski definition) is 8. The lowest BCUT2D eigenvalue weighted by Gasteiger charge is -2.39. The van der Waals surface area contributed by atoms with Crippen molar-refractivity contribution in [1.82, 2.24) is 19.5 Å². The number of aromatic nitrogens is 4. The number of nitrogens with one attached hydrogen (secondary N) is 1. The predicted octanol–water partition coefficient (Wildman–Crippen LogP) is 5.77. The fourth-order valence-electron chi connectivity index (χ4n) is 6.56. The van der Waals surface area contributed by atoms with Crippen molar-refractivity contribution in [2.75, 3.05) is 23.4 Å². The summed E-state index contributed by atoms with van der Waals surface area (Å²) < 4.78 is 8.53. The van der Waals surface area contributed by atoms with Gasteiger partial charge in [-0.25, -0.2) is 9.97 Å². The maximum absolute atomic E-state index is 9.53. The van der Waals surface area contributed by atoms with Gasteiger partial charge in [-0.1, -0.05) is 24.9 Å². The van der Waals surface area contributed by atoms with Crippen molar-refractivity contribution >= 4 is 28.6 Å². The highest BCUT2D eigenvalue weighted by molar-refractivity contribution is 5.98. The third-order valence-corrected chi connectivity index (χ3v) is 9.19. The Morgan fingerprint density at radius 1 is 1.15 bits per heavy atom. The van der Waals surface area contributed by atoms with Crippen LogP contribution in [0.2, 0.25) is 0 Å². The topological polar surface area (TPSA) is 101 Å². The molecule has 3 heterocycles. The van der Waals surface area contributed by atoms with Gasteiger partial charge >= 0.3 is 0 Å². The molecule has 0 amide bonds. The number of hydrogen-bond donors (Lipinski definition) is 2. The van der Waals surface area contributed by atoms with Gasteiger partial charge in [-0.2, -0.15) is 4.98 Å². The lowest BCUT2D eigenvalue weighted by molar-refractivity contribution is 0.0246. The SMILES string of the molecule is C#CC[C@H](C)CCCC(C)n1c(N2CCOC3CCCC32)nc2nc(/C(C)=N/O)nc(N[C@H](C)C3CCC3)c21. The van der Waals surface area contributed by atoms with Gasteiger partial charge in [-0.05, 0) is 77.6 Å². The van der Waals surface area contributed by atoms with E-state index in [9.17, 15) is 5.21 Å². The third-order valence-electron chi connectivity index (χ3n) is 9.19. The minimum atomic E-state index is 0.201. The van der Waals surface area contributed by atoms with Gasteiger partial charge < -0.3 is 24.7 Å². The zero-order valence-electron chi connectivity index (χ0n) is 24.1. The average Bonchev–Trinajstić information content (AvgIpc) is 3.52. The van der Waals surface area contributed by atoms with Crippen LogP contribution >= 0.6 is 0 Å². The first-order valence-electron chi connectivity index (χ1n) is 15.0. The second kappa shape index (κ2) is 12.1. The van der Waals surface area contributed by atoms with Gasteiger partial charge in [0.15, 0.2) is 17.3 Å². The summed E-state index contributed by atoms with van der Waals surface area (Å²) in [5, 5.41) is 16.7. The van der Waals surface area contributed by atoms with Crippen molar-refractivity contribution < 1.29 is 9.94 Å². The maximum Gasteiger partial charge on any atom is 0.208 e. The highest BCUT2D eigenvalue weighted by atomic mass is 16.5. The van der Waals surface area contributed by atoms with E-state index in [0.29, 0.717) is 41.7 Å². The third kappa shape index (κ3) is 5.72. The van der Waals surface area contributed by atoms with Crippen LogP contribution in [-0.2, 0) is 4.74 Å². The van der Waals surface area contributed by atoms with Crippen LogP contribution in [-0.4, -0.2) is 61.8 Å². The highest BCUT2D eigenvalue weighted by Gasteiger charge is 2.39. The summed E-state index contributed by atoms with van der Waals surface area (Å²) in [7, 11) is 0. The second-order valence-corrected chi connectivity index (χ2v) is 12.1. The molecule has 2 N–H and O–H groups in total. The first-order chi connectivity index (χ1) is 18.9. The quantitative estimate of drug-likeness (QED) is 0.163. The Hall–Kier alpha value is -2.86. The number of nitrogens with zero attached hydrogens (tertiary/aromatic N) is 6. The molecule has 0 spiro atoms. The Kier molecular flexibility index (Phi) is 8.61. The van der Waals surface area contributed by atoms with E-state index in [0.717, 1.165) is 62.4 Å².